The number of pyridine rings is 1. The van der Waals surface area contributed by atoms with Crippen molar-refractivity contribution in [1.82, 2.24) is 10.0 Å². The van der Waals surface area contributed by atoms with Crippen LogP contribution in [-0.2, 0) is 21.2 Å². The second-order valence-corrected chi connectivity index (χ2v) is 9.22. The zero-order chi connectivity index (χ0) is 21.2. The number of sulfone groups is 1. The monoisotopic (exact) mass is 424 g/mol. The summed E-state index contributed by atoms with van der Waals surface area (Å²) in [6.45, 7) is -0.213. The summed E-state index contributed by atoms with van der Waals surface area (Å²) in [5, 5.41) is 7.14. The molecule has 3 rings (SSSR count). The fraction of sp³-hybridized carbons (Fsp3) is 0.368. The van der Waals surface area contributed by atoms with Crippen LogP contribution < -0.4 is 15.8 Å². The van der Waals surface area contributed by atoms with Crippen LogP contribution in [0.5, 0.6) is 5.75 Å². The lowest BCUT2D eigenvalue weighted by molar-refractivity contribution is -0.128. The number of hydroxylamine groups is 1. The minimum absolute atomic E-state index is 0.108. The van der Waals surface area contributed by atoms with Crippen LogP contribution in [0.25, 0.3) is 11.1 Å². The average molecular weight is 424 g/mol. The first-order valence-corrected chi connectivity index (χ1v) is 10.9. The summed E-state index contributed by atoms with van der Waals surface area (Å²) < 4.78 is 44.6. The first-order valence-electron chi connectivity index (χ1n) is 8.99. The molecule has 0 bridgehead atoms. The quantitative estimate of drug-likeness (QED) is 0.490. The molecule has 0 aliphatic heterocycles. The van der Waals surface area contributed by atoms with E-state index in [9.17, 15) is 22.4 Å². The van der Waals surface area contributed by atoms with Crippen LogP contribution in [0.3, 0.4) is 0 Å². The van der Waals surface area contributed by atoms with Gasteiger partial charge in [-0.15, -0.1) is 0 Å². The predicted octanol–water partition coefficient (Wildman–Crippen LogP) is 1.50. The highest BCUT2D eigenvalue weighted by Crippen LogP contribution is 2.29. The van der Waals surface area contributed by atoms with Crippen LogP contribution >= 0.6 is 0 Å². The van der Waals surface area contributed by atoms with E-state index in [1.54, 1.807) is 24.3 Å². The van der Waals surface area contributed by atoms with Crippen molar-refractivity contribution in [2.45, 2.75) is 37.2 Å². The van der Waals surface area contributed by atoms with E-state index in [2.05, 4.69) is 0 Å². The molecule has 0 unspecified atom stereocenters. The summed E-state index contributed by atoms with van der Waals surface area (Å²) in [5.74, 6) is -1.09. The summed E-state index contributed by atoms with van der Waals surface area (Å²) in [4.78, 5) is 23.9. The Bertz CT molecular complexity index is 1060. The summed E-state index contributed by atoms with van der Waals surface area (Å²) in [7, 11) is -3.82. The number of carbonyl (C=O) groups excluding carboxylic acids is 1. The first-order chi connectivity index (χ1) is 13.7. The Morgan fingerprint density at radius 3 is 2.55 bits per heavy atom. The lowest BCUT2D eigenvalue weighted by Crippen LogP contribution is -2.39. The van der Waals surface area contributed by atoms with Crippen molar-refractivity contribution in [3.63, 3.8) is 0 Å². The van der Waals surface area contributed by atoms with Gasteiger partial charge in [-0.1, -0.05) is 12.1 Å². The molecule has 0 saturated heterocycles. The van der Waals surface area contributed by atoms with E-state index in [0.29, 0.717) is 11.3 Å². The van der Waals surface area contributed by atoms with E-state index in [1.165, 1.54) is 5.48 Å². The Balaban J connectivity index is 1.78. The van der Waals surface area contributed by atoms with Gasteiger partial charge in [0, 0.05) is 30.6 Å². The lowest BCUT2D eigenvalue weighted by atomic mass is 10.1. The number of halogens is 1. The largest absolute Gasteiger partial charge is 0.490 e. The van der Waals surface area contributed by atoms with Crippen LogP contribution in [0.1, 0.15) is 19.3 Å². The molecular formula is C19H21FN2O6S. The van der Waals surface area contributed by atoms with Crippen molar-refractivity contribution in [1.29, 1.82) is 0 Å². The molecule has 1 aliphatic rings. The molecule has 156 valence electrons. The van der Waals surface area contributed by atoms with Gasteiger partial charge in [-0.05, 0) is 37.0 Å². The molecule has 1 aliphatic carbocycles. The minimum Gasteiger partial charge on any atom is -0.490 e. The number of hydrogen-bond donors (Lipinski definition) is 2. The molecule has 1 amide bonds. The van der Waals surface area contributed by atoms with E-state index in [0.717, 1.165) is 35.9 Å². The van der Waals surface area contributed by atoms with E-state index < -0.39 is 32.4 Å². The van der Waals surface area contributed by atoms with Crippen molar-refractivity contribution in [2.75, 3.05) is 6.26 Å². The summed E-state index contributed by atoms with van der Waals surface area (Å²) in [6, 6.07) is 7.86. The van der Waals surface area contributed by atoms with Crippen molar-refractivity contribution >= 4 is 15.7 Å². The number of carbonyl (C=O) groups is 1. The van der Waals surface area contributed by atoms with Gasteiger partial charge in [0.1, 0.15) is 16.8 Å². The van der Waals surface area contributed by atoms with Gasteiger partial charge in [0.2, 0.25) is 0 Å². The highest BCUT2D eigenvalue weighted by atomic mass is 32.2. The summed E-state index contributed by atoms with van der Waals surface area (Å²) in [6.07, 6.45) is 3.81. The Hall–Kier alpha value is -2.72. The number of nitrogens with one attached hydrogen (secondary N) is 1. The molecule has 0 spiro atoms. The third-order valence-electron chi connectivity index (χ3n) is 4.62. The number of hydrogen-bond acceptors (Lipinski definition) is 6. The zero-order valence-corrected chi connectivity index (χ0v) is 16.5. The molecule has 2 aromatic rings. The number of benzene rings is 1. The average Bonchev–Trinajstić information content (AvgIpc) is 3.47. The smallest absolute Gasteiger partial charge is 0.261 e. The van der Waals surface area contributed by atoms with Crippen LogP contribution in [0.15, 0.2) is 41.3 Å². The molecule has 1 heterocycles. The maximum absolute atomic E-state index is 14.6. The molecule has 1 atom stereocenters. The van der Waals surface area contributed by atoms with Crippen LogP contribution in [0.2, 0.25) is 0 Å². The van der Waals surface area contributed by atoms with Gasteiger partial charge in [0.05, 0.1) is 6.10 Å². The highest BCUT2D eigenvalue weighted by molar-refractivity contribution is 7.92. The molecule has 0 radical (unpaired) electrons. The Labute approximate surface area is 166 Å². The lowest BCUT2D eigenvalue weighted by Gasteiger charge is -2.14. The Kier molecular flexibility index (Phi) is 6.04. The molecule has 8 nitrogen and oxygen atoms in total. The zero-order valence-electron chi connectivity index (χ0n) is 15.7. The van der Waals surface area contributed by atoms with Crippen molar-refractivity contribution < 1.29 is 27.5 Å². The molecule has 1 aromatic carbocycles. The van der Waals surface area contributed by atoms with Gasteiger partial charge in [-0.25, -0.2) is 18.3 Å². The number of aryl methyl sites for hydroxylation is 1. The SMILES string of the molecule is CS(=O)(=O)[C@H](CCn1cc(F)c(-c2ccc(OC3CC3)cc2)cc1=O)C(=O)NO. The normalized spacial score (nSPS) is 15.0. The topological polar surface area (TPSA) is 115 Å². The van der Waals surface area contributed by atoms with Gasteiger partial charge in [0.15, 0.2) is 9.84 Å². The van der Waals surface area contributed by atoms with Crippen LogP contribution in [-0.4, -0.2) is 41.7 Å². The summed E-state index contributed by atoms with van der Waals surface area (Å²) >= 11 is 0. The molecule has 2 N–H and O–H groups in total. The maximum Gasteiger partial charge on any atom is 0.261 e. The first kappa shape index (κ1) is 21.0. The molecule has 29 heavy (non-hydrogen) atoms. The van der Waals surface area contributed by atoms with E-state index in [-0.39, 0.29) is 24.6 Å². The standard InChI is InChI=1S/C19H21FN2O6S/c1-29(26,27)17(19(24)21-25)8-9-22-11-16(20)15(10-18(22)23)12-2-4-13(5-3-12)28-14-6-7-14/h2-5,10-11,14,17,25H,6-9H2,1H3,(H,21,24)/t17-/m1/s1. The molecular weight excluding hydrogens is 403 g/mol. The van der Waals surface area contributed by atoms with Crippen LogP contribution in [0, 0.1) is 5.82 Å². The fourth-order valence-electron chi connectivity index (χ4n) is 2.90. The predicted molar refractivity (Wildman–Crippen MR) is 103 cm³/mol. The number of aromatic nitrogens is 1. The van der Waals surface area contributed by atoms with Crippen molar-refractivity contribution in [3.05, 3.63) is 52.7 Å². The van der Waals surface area contributed by atoms with E-state index in [4.69, 9.17) is 9.94 Å². The van der Waals surface area contributed by atoms with Gasteiger partial charge in [-0.3, -0.25) is 14.8 Å². The number of ether oxygens (including phenoxy) is 1. The number of nitrogens with zero attached hydrogens (tertiary/aromatic N) is 1. The van der Waals surface area contributed by atoms with Crippen molar-refractivity contribution in [3.8, 4) is 16.9 Å². The van der Waals surface area contributed by atoms with Crippen molar-refractivity contribution in [2.24, 2.45) is 0 Å². The maximum atomic E-state index is 14.6. The second kappa shape index (κ2) is 8.34. The molecule has 10 heteroatoms. The minimum atomic E-state index is -3.82. The Morgan fingerprint density at radius 2 is 2.00 bits per heavy atom. The molecule has 1 saturated carbocycles. The fourth-order valence-corrected chi connectivity index (χ4v) is 3.88. The third kappa shape index (κ3) is 5.21. The van der Waals surface area contributed by atoms with Gasteiger partial charge in [0.25, 0.3) is 11.5 Å². The molecule has 1 aromatic heterocycles. The Morgan fingerprint density at radius 1 is 1.34 bits per heavy atom. The third-order valence-corrected chi connectivity index (χ3v) is 6.10. The van der Waals surface area contributed by atoms with Gasteiger partial charge >= 0.3 is 0 Å². The van der Waals surface area contributed by atoms with Gasteiger partial charge < -0.3 is 9.30 Å². The van der Waals surface area contributed by atoms with E-state index in [1.807, 2.05) is 0 Å². The summed E-state index contributed by atoms with van der Waals surface area (Å²) in [5.41, 5.74) is 1.36. The number of amides is 1. The number of rotatable bonds is 8. The highest BCUT2D eigenvalue weighted by Gasteiger charge is 2.28. The van der Waals surface area contributed by atoms with Gasteiger partial charge in [-0.2, -0.15) is 0 Å². The second-order valence-electron chi connectivity index (χ2n) is 6.99. The van der Waals surface area contributed by atoms with E-state index >= 15 is 0 Å². The molecule has 1 fully saturated rings. The van der Waals surface area contributed by atoms with Crippen LogP contribution in [0.4, 0.5) is 4.39 Å².